The van der Waals surface area contributed by atoms with Crippen LogP contribution in [0.1, 0.15) is 43.7 Å². The molecule has 0 bridgehead atoms. The zero-order valence-electron chi connectivity index (χ0n) is 8.05. The van der Waals surface area contributed by atoms with Crippen LogP contribution in [0.3, 0.4) is 0 Å². The molecule has 1 nitrogen and oxygen atoms in total. The van der Waals surface area contributed by atoms with E-state index in [2.05, 4.69) is 18.4 Å². The van der Waals surface area contributed by atoms with E-state index >= 15 is 0 Å². The van der Waals surface area contributed by atoms with Crippen LogP contribution in [0.4, 0.5) is 0 Å². The zero-order valence-corrected chi connectivity index (χ0v) is 8.86. The van der Waals surface area contributed by atoms with Gasteiger partial charge in [-0.3, -0.25) is 0 Å². The fourth-order valence-electron chi connectivity index (χ4n) is 1.36. The second-order valence-corrected chi connectivity index (χ2v) is 3.98. The van der Waals surface area contributed by atoms with Crippen LogP contribution in [0.2, 0.25) is 0 Å². The van der Waals surface area contributed by atoms with Gasteiger partial charge in [0.2, 0.25) is 0 Å². The van der Waals surface area contributed by atoms with Gasteiger partial charge in [-0.15, -0.1) is 0 Å². The summed E-state index contributed by atoms with van der Waals surface area (Å²) < 4.78 is 0. The Morgan fingerprint density at radius 3 is 2.85 bits per heavy atom. The van der Waals surface area contributed by atoms with E-state index < -0.39 is 0 Å². The highest BCUT2D eigenvalue weighted by Gasteiger charge is 2.01. The van der Waals surface area contributed by atoms with Crippen molar-refractivity contribution in [2.75, 3.05) is 0 Å². The van der Waals surface area contributed by atoms with Gasteiger partial charge in [-0.2, -0.15) is 16.6 Å². The van der Waals surface area contributed by atoms with Gasteiger partial charge in [0.15, 0.2) is 0 Å². The maximum Gasteiger partial charge on any atom is 0.100 e. The summed E-state index contributed by atoms with van der Waals surface area (Å²) in [6.45, 7) is 2.21. The van der Waals surface area contributed by atoms with Gasteiger partial charge >= 0.3 is 0 Å². The number of hydrogen-bond acceptors (Lipinski definition) is 2. The lowest BCUT2D eigenvalue weighted by Gasteiger charge is -1.97. The molecular weight excluding hydrogens is 178 g/mol. The molecule has 1 aromatic rings. The SMILES string of the molecule is CCCCCCc1cscc1C#N. The van der Waals surface area contributed by atoms with Crippen LogP contribution in [0.15, 0.2) is 10.8 Å². The molecule has 0 radical (unpaired) electrons. The van der Waals surface area contributed by atoms with Crippen LogP contribution in [-0.4, -0.2) is 0 Å². The van der Waals surface area contributed by atoms with Crippen LogP contribution in [0.25, 0.3) is 0 Å². The minimum atomic E-state index is 0.876. The topological polar surface area (TPSA) is 23.8 Å². The van der Waals surface area contributed by atoms with Gasteiger partial charge in [-0.05, 0) is 23.8 Å². The molecule has 0 unspecified atom stereocenters. The molecule has 0 amide bonds. The first-order valence-electron chi connectivity index (χ1n) is 4.83. The first-order valence-corrected chi connectivity index (χ1v) is 5.78. The third-order valence-corrected chi connectivity index (χ3v) is 2.95. The molecule has 0 aromatic carbocycles. The van der Waals surface area contributed by atoms with Crippen molar-refractivity contribution in [1.82, 2.24) is 0 Å². The molecule has 0 atom stereocenters. The van der Waals surface area contributed by atoms with Crippen molar-refractivity contribution in [1.29, 1.82) is 5.26 Å². The number of aryl methyl sites for hydroxylation is 1. The molecule has 0 aliphatic heterocycles. The van der Waals surface area contributed by atoms with Gasteiger partial charge in [0.05, 0.1) is 5.56 Å². The lowest BCUT2D eigenvalue weighted by atomic mass is 10.1. The van der Waals surface area contributed by atoms with Crippen LogP contribution < -0.4 is 0 Å². The van der Waals surface area contributed by atoms with Crippen molar-refractivity contribution in [3.8, 4) is 6.07 Å². The van der Waals surface area contributed by atoms with E-state index in [4.69, 9.17) is 5.26 Å². The summed E-state index contributed by atoms with van der Waals surface area (Å²) in [4.78, 5) is 0. The van der Waals surface area contributed by atoms with E-state index in [0.29, 0.717) is 0 Å². The highest BCUT2D eigenvalue weighted by molar-refractivity contribution is 7.08. The van der Waals surface area contributed by atoms with E-state index in [-0.39, 0.29) is 0 Å². The largest absolute Gasteiger partial charge is 0.192 e. The summed E-state index contributed by atoms with van der Waals surface area (Å²) in [6.07, 6.45) is 6.17. The van der Waals surface area contributed by atoms with Crippen LogP contribution in [-0.2, 0) is 6.42 Å². The van der Waals surface area contributed by atoms with E-state index in [1.165, 1.54) is 31.2 Å². The third-order valence-electron chi connectivity index (χ3n) is 2.16. The molecular formula is C11H15NS. The molecule has 70 valence electrons. The predicted octanol–water partition coefficient (Wildman–Crippen LogP) is 3.74. The van der Waals surface area contributed by atoms with Crippen molar-refractivity contribution in [2.45, 2.75) is 39.0 Å². The standard InChI is InChI=1S/C11H15NS/c1-2-3-4-5-6-10-8-13-9-11(10)7-12/h8-9H,2-6H2,1H3. The molecule has 0 aliphatic carbocycles. The first kappa shape index (κ1) is 10.3. The number of nitriles is 1. The van der Waals surface area contributed by atoms with Crippen LogP contribution >= 0.6 is 11.3 Å². The highest BCUT2D eigenvalue weighted by Crippen LogP contribution is 2.16. The van der Waals surface area contributed by atoms with Gasteiger partial charge in [0.1, 0.15) is 6.07 Å². The third kappa shape index (κ3) is 3.20. The van der Waals surface area contributed by atoms with E-state index in [0.717, 1.165) is 12.0 Å². The van der Waals surface area contributed by atoms with E-state index in [9.17, 15) is 0 Å². The number of hydrogen-bond donors (Lipinski definition) is 0. The summed E-state index contributed by atoms with van der Waals surface area (Å²) in [5, 5.41) is 12.8. The second-order valence-electron chi connectivity index (χ2n) is 3.23. The number of thiophene rings is 1. The normalized spacial score (nSPS) is 9.85. The Bertz CT molecular complexity index is 283. The van der Waals surface area contributed by atoms with E-state index in [1.54, 1.807) is 11.3 Å². The lowest BCUT2D eigenvalue weighted by Crippen LogP contribution is -1.85. The summed E-state index contributed by atoms with van der Waals surface area (Å²) in [5.74, 6) is 0. The minimum Gasteiger partial charge on any atom is -0.192 e. The minimum absolute atomic E-state index is 0.876. The molecule has 0 fully saturated rings. The number of nitrogens with zero attached hydrogens (tertiary/aromatic N) is 1. The first-order chi connectivity index (χ1) is 6.38. The second kappa shape index (κ2) is 5.77. The molecule has 0 saturated carbocycles. The van der Waals surface area contributed by atoms with E-state index in [1.807, 2.05) is 5.38 Å². The quantitative estimate of drug-likeness (QED) is 0.653. The summed E-state index contributed by atoms with van der Waals surface area (Å²) in [7, 11) is 0. The number of rotatable bonds is 5. The molecule has 0 N–H and O–H groups in total. The Balaban J connectivity index is 2.33. The Morgan fingerprint density at radius 2 is 2.15 bits per heavy atom. The molecule has 13 heavy (non-hydrogen) atoms. The summed E-state index contributed by atoms with van der Waals surface area (Å²) in [5.41, 5.74) is 2.12. The maximum atomic E-state index is 8.77. The molecule has 0 spiro atoms. The monoisotopic (exact) mass is 193 g/mol. The Hall–Kier alpha value is -0.810. The average molecular weight is 193 g/mol. The molecule has 0 aliphatic rings. The number of unbranched alkanes of at least 4 members (excludes halogenated alkanes) is 3. The Morgan fingerprint density at radius 1 is 1.31 bits per heavy atom. The molecule has 2 heteroatoms. The average Bonchev–Trinajstić information content (AvgIpc) is 2.60. The Kier molecular flexibility index (Phi) is 4.56. The van der Waals surface area contributed by atoms with Crippen LogP contribution in [0, 0.1) is 11.3 Å². The zero-order chi connectivity index (χ0) is 9.52. The lowest BCUT2D eigenvalue weighted by molar-refractivity contribution is 0.667. The van der Waals surface area contributed by atoms with Crippen molar-refractivity contribution in [2.24, 2.45) is 0 Å². The van der Waals surface area contributed by atoms with Gasteiger partial charge < -0.3 is 0 Å². The fraction of sp³-hybridized carbons (Fsp3) is 0.545. The predicted molar refractivity (Wildman–Crippen MR) is 56.9 cm³/mol. The highest BCUT2D eigenvalue weighted by atomic mass is 32.1. The summed E-state index contributed by atoms with van der Waals surface area (Å²) in [6, 6.07) is 2.23. The fourth-order valence-corrected chi connectivity index (χ4v) is 2.17. The van der Waals surface area contributed by atoms with Crippen molar-refractivity contribution < 1.29 is 0 Å². The summed E-state index contributed by atoms with van der Waals surface area (Å²) >= 11 is 1.63. The molecule has 0 saturated heterocycles. The van der Waals surface area contributed by atoms with Gasteiger partial charge in [-0.25, -0.2) is 0 Å². The van der Waals surface area contributed by atoms with Gasteiger partial charge in [-0.1, -0.05) is 26.2 Å². The van der Waals surface area contributed by atoms with Crippen molar-refractivity contribution in [3.05, 3.63) is 21.9 Å². The molecule has 1 aromatic heterocycles. The molecule has 1 heterocycles. The van der Waals surface area contributed by atoms with Crippen molar-refractivity contribution in [3.63, 3.8) is 0 Å². The smallest absolute Gasteiger partial charge is 0.100 e. The van der Waals surface area contributed by atoms with Crippen molar-refractivity contribution >= 4 is 11.3 Å². The molecule has 1 rings (SSSR count). The van der Waals surface area contributed by atoms with Gasteiger partial charge in [0.25, 0.3) is 0 Å². The maximum absolute atomic E-state index is 8.77. The van der Waals surface area contributed by atoms with Gasteiger partial charge in [0, 0.05) is 5.38 Å². The Labute approximate surface area is 84.0 Å². The van der Waals surface area contributed by atoms with Crippen LogP contribution in [0.5, 0.6) is 0 Å².